The van der Waals surface area contributed by atoms with Crippen molar-refractivity contribution in [1.82, 2.24) is 14.5 Å². The van der Waals surface area contributed by atoms with Crippen LogP contribution in [0.1, 0.15) is 23.9 Å². The highest BCUT2D eigenvalue weighted by molar-refractivity contribution is 5.55. The van der Waals surface area contributed by atoms with Crippen molar-refractivity contribution in [2.45, 2.75) is 25.1 Å². The Morgan fingerprint density at radius 3 is 3.05 bits per heavy atom. The van der Waals surface area contributed by atoms with Gasteiger partial charge in [0.25, 0.3) is 0 Å². The van der Waals surface area contributed by atoms with Gasteiger partial charge < -0.3 is 9.47 Å². The van der Waals surface area contributed by atoms with E-state index < -0.39 is 0 Å². The first kappa shape index (κ1) is 12.9. The maximum atomic E-state index is 6.25. The molecule has 21 heavy (non-hydrogen) atoms. The molecule has 2 unspecified atom stereocenters. The Morgan fingerprint density at radius 2 is 2.19 bits per heavy atom. The van der Waals surface area contributed by atoms with Crippen LogP contribution in [0.2, 0.25) is 0 Å². The van der Waals surface area contributed by atoms with Gasteiger partial charge in [0, 0.05) is 25.4 Å². The molecule has 0 saturated carbocycles. The van der Waals surface area contributed by atoms with E-state index in [1.165, 1.54) is 11.3 Å². The van der Waals surface area contributed by atoms with Gasteiger partial charge in [-0.15, -0.1) is 0 Å². The van der Waals surface area contributed by atoms with Gasteiger partial charge in [0.2, 0.25) is 0 Å². The van der Waals surface area contributed by atoms with Crippen molar-refractivity contribution >= 4 is 5.69 Å². The van der Waals surface area contributed by atoms with E-state index in [9.17, 15) is 0 Å². The van der Waals surface area contributed by atoms with E-state index in [-0.39, 0.29) is 12.1 Å². The molecule has 5 heteroatoms. The molecule has 110 valence electrons. The maximum Gasteiger partial charge on any atom is 0.134 e. The number of nitrogens with zero attached hydrogens (tertiary/aromatic N) is 4. The SMILES string of the molecule is CN(C)CC1CC2c3nccn3Cc3ccccc3N2O1. The third kappa shape index (κ3) is 2.13. The Bertz CT molecular complexity index is 651. The highest BCUT2D eigenvalue weighted by Crippen LogP contribution is 2.41. The van der Waals surface area contributed by atoms with Crippen molar-refractivity contribution in [3.8, 4) is 0 Å². The van der Waals surface area contributed by atoms with Crippen LogP contribution in [0.5, 0.6) is 0 Å². The zero-order chi connectivity index (χ0) is 14.4. The second-order valence-corrected chi connectivity index (χ2v) is 6.11. The van der Waals surface area contributed by atoms with Crippen molar-refractivity contribution in [2.75, 3.05) is 25.7 Å². The second kappa shape index (κ2) is 4.86. The number of fused-ring (bicyclic) bond motifs is 5. The lowest BCUT2D eigenvalue weighted by atomic mass is 10.1. The van der Waals surface area contributed by atoms with Crippen LogP contribution in [-0.2, 0) is 11.4 Å². The first-order chi connectivity index (χ1) is 10.2. The fraction of sp³-hybridized carbons (Fsp3) is 0.438. The molecule has 5 nitrogen and oxygen atoms in total. The summed E-state index contributed by atoms with van der Waals surface area (Å²) in [4.78, 5) is 13.0. The van der Waals surface area contributed by atoms with Gasteiger partial charge in [-0.25, -0.2) is 10.0 Å². The van der Waals surface area contributed by atoms with Crippen LogP contribution in [0, 0.1) is 0 Å². The van der Waals surface area contributed by atoms with E-state index in [2.05, 4.69) is 64.1 Å². The molecule has 2 aromatic rings. The minimum absolute atomic E-state index is 0.202. The molecule has 0 amide bonds. The number of benzene rings is 1. The summed E-state index contributed by atoms with van der Waals surface area (Å²) in [6, 6.07) is 8.68. The number of para-hydroxylation sites is 1. The summed E-state index contributed by atoms with van der Waals surface area (Å²) in [5, 5.41) is 2.08. The van der Waals surface area contributed by atoms with Gasteiger partial charge in [0.1, 0.15) is 18.0 Å². The van der Waals surface area contributed by atoms with Gasteiger partial charge in [0.05, 0.1) is 12.2 Å². The fourth-order valence-corrected chi connectivity index (χ4v) is 3.37. The molecule has 1 saturated heterocycles. The van der Waals surface area contributed by atoms with Gasteiger partial charge in [-0.2, -0.15) is 0 Å². The number of imidazole rings is 1. The van der Waals surface area contributed by atoms with Crippen molar-refractivity contribution in [1.29, 1.82) is 0 Å². The lowest BCUT2D eigenvalue weighted by Crippen LogP contribution is -2.27. The number of hydrogen-bond donors (Lipinski definition) is 0. The minimum Gasteiger partial charge on any atom is -0.329 e. The van der Waals surface area contributed by atoms with Crippen molar-refractivity contribution in [3.05, 3.63) is 48.0 Å². The monoisotopic (exact) mass is 284 g/mol. The standard InChI is InChI=1S/C16H20N4O/c1-18(2)11-13-9-15-16-17-7-8-19(16)10-12-5-3-4-6-14(12)20(15)21-13/h3-8,13,15H,9-11H2,1-2H3. The molecule has 3 heterocycles. The third-order valence-electron chi connectivity index (χ3n) is 4.22. The molecular formula is C16H20N4O. The number of aromatic nitrogens is 2. The van der Waals surface area contributed by atoms with Crippen LogP contribution in [0.3, 0.4) is 0 Å². The molecule has 0 aliphatic carbocycles. The molecule has 2 aliphatic rings. The predicted octanol–water partition coefficient (Wildman–Crippen LogP) is 2.06. The molecule has 0 N–H and O–H groups in total. The normalized spacial score (nSPS) is 23.7. The fourth-order valence-electron chi connectivity index (χ4n) is 3.37. The number of hydroxylamine groups is 1. The summed E-state index contributed by atoms with van der Waals surface area (Å²) in [6.45, 7) is 1.79. The van der Waals surface area contributed by atoms with Crippen LogP contribution in [0.4, 0.5) is 5.69 Å². The molecule has 1 aromatic heterocycles. The second-order valence-electron chi connectivity index (χ2n) is 6.11. The smallest absolute Gasteiger partial charge is 0.134 e. The van der Waals surface area contributed by atoms with E-state index in [1.807, 2.05) is 6.20 Å². The van der Waals surface area contributed by atoms with E-state index in [1.54, 1.807) is 0 Å². The van der Waals surface area contributed by atoms with Crippen LogP contribution < -0.4 is 5.06 Å². The van der Waals surface area contributed by atoms with Gasteiger partial charge >= 0.3 is 0 Å². The van der Waals surface area contributed by atoms with Gasteiger partial charge in [-0.05, 0) is 25.7 Å². The van der Waals surface area contributed by atoms with E-state index in [0.29, 0.717) is 0 Å². The number of anilines is 1. The van der Waals surface area contributed by atoms with Crippen LogP contribution in [0.15, 0.2) is 36.7 Å². The summed E-state index contributed by atoms with van der Waals surface area (Å²) < 4.78 is 2.24. The molecular weight excluding hydrogens is 264 g/mol. The summed E-state index contributed by atoms with van der Waals surface area (Å²) in [5.74, 6) is 1.10. The molecule has 2 aliphatic heterocycles. The molecule has 0 bridgehead atoms. The summed E-state index contributed by atoms with van der Waals surface area (Å²) in [6.07, 6.45) is 5.14. The maximum absolute atomic E-state index is 6.25. The Hall–Kier alpha value is -1.85. The predicted molar refractivity (Wildman–Crippen MR) is 81.0 cm³/mol. The van der Waals surface area contributed by atoms with Crippen molar-refractivity contribution in [3.63, 3.8) is 0 Å². The van der Waals surface area contributed by atoms with Gasteiger partial charge in [-0.1, -0.05) is 18.2 Å². The van der Waals surface area contributed by atoms with Crippen molar-refractivity contribution < 1.29 is 4.84 Å². The molecule has 0 radical (unpaired) electrons. The summed E-state index contributed by atoms with van der Waals surface area (Å²) >= 11 is 0. The van der Waals surface area contributed by atoms with Crippen molar-refractivity contribution in [2.24, 2.45) is 0 Å². The van der Waals surface area contributed by atoms with E-state index in [4.69, 9.17) is 4.84 Å². The molecule has 0 spiro atoms. The number of hydrogen-bond acceptors (Lipinski definition) is 4. The third-order valence-corrected chi connectivity index (χ3v) is 4.22. The zero-order valence-corrected chi connectivity index (χ0v) is 12.4. The molecule has 4 rings (SSSR count). The average Bonchev–Trinajstić information content (AvgIpc) is 3.03. The lowest BCUT2D eigenvalue weighted by molar-refractivity contribution is 0.0647. The summed E-state index contributed by atoms with van der Waals surface area (Å²) in [7, 11) is 4.17. The van der Waals surface area contributed by atoms with Crippen LogP contribution in [0.25, 0.3) is 0 Å². The Balaban J connectivity index is 1.76. The quantitative estimate of drug-likeness (QED) is 0.845. The zero-order valence-electron chi connectivity index (χ0n) is 12.4. The lowest BCUT2D eigenvalue weighted by Gasteiger charge is -2.24. The Kier molecular flexibility index (Phi) is 2.97. The number of likely N-dealkylation sites (N-methyl/N-ethyl adjacent to an activating group) is 1. The summed E-state index contributed by atoms with van der Waals surface area (Å²) in [5.41, 5.74) is 2.46. The minimum atomic E-state index is 0.202. The first-order valence-electron chi connectivity index (χ1n) is 7.42. The highest BCUT2D eigenvalue weighted by atomic mass is 16.7. The molecule has 1 aromatic carbocycles. The molecule has 1 fully saturated rings. The first-order valence-corrected chi connectivity index (χ1v) is 7.42. The van der Waals surface area contributed by atoms with Crippen LogP contribution >= 0.6 is 0 Å². The van der Waals surface area contributed by atoms with Gasteiger partial charge in [-0.3, -0.25) is 4.84 Å². The average molecular weight is 284 g/mol. The Morgan fingerprint density at radius 1 is 1.33 bits per heavy atom. The Labute approximate surface area is 124 Å². The largest absolute Gasteiger partial charge is 0.329 e. The van der Waals surface area contributed by atoms with E-state index >= 15 is 0 Å². The topological polar surface area (TPSA) is 33.5 Å². The highest BCUT2D eigenvalue weighted by Gasteiger charge is 2.39. The van der Waals surface area contributed by atoms with Crippen LogP contribution in [-0.4, -0.2) is 41.2 Å². The number of rotatable bonds is 2. The van der Waals surface area contributed by atoms with Gasteiger partial charge in [0.15, 0.2) is 0 Å². The van der Waals surface area contributed by atoms with E-state index in [0.717, 1.165) is 25.3 Å². The molecule has 2 atom stereocenters.